The monoisotopic (exact) mass is 305 g/mol. The van der Waals surface area contributed by atoms with Gasteiger partial charge in [0, 0.05) is 12.8 Å². The number of benzene rings is 1. The van der Waals surface area contributed by atoms with E-state index in [2.05, 4.69) is 4.99 Å². The molecular formula is C16H19NO5. The molecule has 1 aliphatic rings. The number of nitrogens with zero attached hydrogens (tertiary/aromatic N) is 1. The summed E-state index contributed by atoms with van der Waals surface area (Å²) in [5, 5.41) is 27.3. The van der Waals surface area contributed by atoms with Crippen LogP contribution in [0.4, 0.5) is 0 Å². The molecule has 1 aliphatic carbocycles. The number of aliphatic carboxylic acids is 1. The Morgan fingerprint density at radius 2 is 1.86 bits per heavy atom. The molecule has 0 aromatic heterocycles. The molecule has 0 bridgehead atoms. The Kier molecular flexibility index (Phi) is 5.14. The van der Waals surface area contributed by atoms with Crippen LogP contribution < -0.4 is 0 Å². The summed E-state index contributed by atoms with van der Waals surface area (Å²) in [5.74, 6) is -2.01. The molecule has 0 radical (unpaired) electrons. The van der Waals surface area contributed by atoms with Crippen LogP contribution in [0.15, 0.2) is 23.2 Å². The van der Waals surface area contributed by atoms with Crippen molar-refractivity contribution in [3.63, 3.8) is 0 Å². The summed E-state index contributed by atoms with van der Waals surface area (Å²) in [6.45, 7) is 0.607. The number of aromatic hydroxyl groups is 1. The molecular weight excluding hydrogens is 286 g/mol. The molecule has 0 spiro atoms. The van der Waals surface area contributed by atoms with Gasteiger partial charge in [0.1, 0.15) is 11.3 Å². The molecule has 1 saturated carbocycles. The molecule has 0 aliphatic heterocycles. The first-order valence-electron chi connectivity index (χ1n) is 7.26. The van der Waals surface area contributed by atoms with Gasteiger partial charge < -0.3 is 15.3 Å². The average molecular weight is 305 g/mol. The molecule has 3 N–H and O–H groups in total. The lowest BCUT2D eigenvalue weighted by molar-refractivity contribution is -0.143. The van der Waals surface area contributed by atoms with E-state index in [0.29, 0.717) is 30.9 Å². The number of phenols is 1. The predicted molar refractivity (Wildman–Crippen MR) is 80.6 cm³/mol. The maximum atomic E-state index is 10.9. The number of aliphatic imine (C=N–C) groups is 1. The second-order valence-electron chi connectivity index (χ2n) is 5.63. The Morgan fingerprint density at radius 1 is 1.18 bits per heavy atom. The Bertz CT molecular complexity index is 588. The molecule has 6 heteroatoms. The van der Waals surface area contributed by atoms with Crippen LogP contribution >= 0.6 is 0 Å². The lowest BCUT2D eigenvalue weighted by Crippen LogP contribution is -2.22. The third-order valence-electron chi connectivity index (χ3n) is 4.05. The highest BCUT2D eigenvalue weighted by molar-refractivity contribution is 5.93. The number of carboxylic acid groups (broad SMARTS) is 2. The molecule has 1 aromatic carbocycles. The van der Waals surface area contributed by atoms with Gasteiger partial charge in [-0.3, -0.25) is 9.79 Å². The third kappa shape index (κ3) is 4.07. The van der Waals surface area contributed by atoms with E-state index in [1.807, 2.05) is 0 Å². The first kappa shape index (κ1) is 16.0. The summed E-state index contributed by atoms with van der Waals surface area (Å²) in [6, 6.07) is 4.32. The van der Waals surface area contributed by atoms with Crippen molar-refractivity contribution in [3.8, 4) is 5.75 Å². The molecule has 0 heterocycles. The Morgan fingerprint density at radius 3 is 2.45 bits per heavy atom. The maximum Gasteiger partial charge on any atom is 0.339 e. The van der Waals surface area contributed by atoms with Crippen molar-refractivity contribution < 1.29 is 24.9 Å². The van der Waals surface area contributed by atoms with Gasteiger partial charge >= 0.3 is 11.9 Å². The Balaban J connectivity index is 1.90. The van der Waals surface area contributed by atoms with Crippen molar-refractivity contribution >= 4 is 18.2 Å². The van der Waals surface area contributed by atoms with Crippen LogP contribution in [0.2, 0.25) is 0 Å². The van der Waals surface area contributed by atoms with Crippen molar-refractivity contribution in [2.24, 2.45) is 16.8 Å². The third-order valence-corrected chi connectivity index (χ3v) is 4.05. The lowest BCUT2D eigenvalue weighted by Gasteiger charge is -2.24. The Hall–Kier alpha value is -2.37. The Labute approximate surface area is 128 Å². The van der Waals surface area contributed by atoms with Gasteiger partial charge in [-0.05, 0) is 55.4 Å². The summed E-state index contributed by atoms with van der Waals surface area (Å²) in [4.78, 5) is 26.1. The number of aromatic carboxylic acids is 1. The zero-order valence-electron chi connectivity index (χ0n) is 12.1. The molecule has 22 heavy (non-hydrogen) atoms. The number of rotatable bonds is 5. The van der Waals surface area contributed by atoms with E-state index in [9.17, 15) is 14.7 Å². The molecule has 6 nitrogen and oxygen atoms in total. The second kappa shape index (κ2) is 7.06. The molecule has 118 valence electrons. The molecule has 1 aromatic rings. The minimum absolute atomic E-state index is 0.147. The SMILES string of the molecule is O=C(O)c1cc(/C=N/CC2CCC(C(=O)O)CC2)ccc1O. The molecule has 0 amide bonds. The number of carboxylic acids is 2. The van der Waals surface area contributed by atoms with Gasteiger partial charge in [-0.2, -0.15) is 0 Å². The van der Waals surface area contributed by atoms with Crippen LogP contribution in [0, 0.1) is 11.8 Å². The second-order valence-corrected chi connectivity index (χ2v) is 5.63. The van der Waals surface area contributed by atoms with Crippen LogP contribution in [0.5, 0.6) is 5.75 Å². The summed E-state index contributed by atoms with van der Waals surface area (Å²) in [5.41, 5.74) is 0.473. The van der Waals surface area contributed by atoms with Crippen molar-refractivity contribution in [3.05, 3.63) is 29.3 Å². The molecule has 2 rings (SSSR count). The van der Waals surface area contributed by atoms with Crippen LogP contribution in [-0.2, 0) is 4.79 Å². The highest BCUT2D eigenvalue weighted by Crippen LogP contribution is 2.29. The number of hydrogen-bond donors (Lipinski definition) is 3. The highest BCUT2D eigenvalue weighted by atomic mass is 16.4. The van der Waals surface area contributed by atoms with E-state index >= 15 is 0 Å². The minimum Gasteiger partial charge on any atom is -0.507 e. The highest BCUT2D eigenvalue weighted by Gasteiger charge is 2.25. The van der Waals surface area contributed by atoms with Gasteiger partial charge in [0.25, 0.3) is 0 Å². The van der Waals surface area contributed by atoms with Gasteiger partial charge in [-0.15, -0.1) is 0 Å². The molecule has 0 unspecified atom stereocenters. The fourth-order valence-corrected chi connectivity index (χ4v) is 2.70. The normalized spacial score (nSPS) is 21.8. The standard InChI is InChI=1S/C16H19NO5/c18-14-6-3-11(7-13(14)16(21)22)9-17-8-10-1-4-12(5-2-10)15(19)20/h3,6-7,9-10,12,18H,1-2,4-5,8H2,(H,19,20)(H,21,22)/b17-9+. The smallest absolute Gasteiger partial charge is 0.339 e. The number of hydrogen-bond acceptors (Lipinski definition) is 4. The van der Waals surface area contributed by atoms with Gasteiger partial charge in [0.05, 0.1) is 5.92 Å². The van der Waals surface area contributed by atoms with Gasteiger partial charge in [0.2, 0.25) is 0 Å². The lowest BCUT2D eigenvalue weighted by atomic mass is 9.82. The van der Waals surface area contributed by atoms with Crippen LogP contribution in [-0.4, -0.2) is 40.0 Å². The zero-order valence-corrected chi connectivity index (χ0v) is 12.1. The van der Waals surface area contributed by atoms with E-state index in [-0.39, 0.29) is 17.2 Å². The van der Waals surface area contributed by atoms with Crippen molar-refractivity contribution in [2.75, 3.05) is 6.54 Å². The summed E-state index contributed by atoms with van der Waals surface area (Å²) in [6.07, 6.45) is 4.68. The minimum atomic E-state index is -1.18. The van der Waals surface area contributed by atoms with Crippen molar-refractivity contribution in [2.45, 2.75) is 25.7 Å². The summed E-state index contributed by atoms with van der Waals surface area (Å²) < 4.78 is 0. The average Bonchev–Trinajstić information content (AvgIpc) is 2.49. The topological polar surface area (TPSA) is 107 Å². The maximum absolute atomic E-state index is 10.9. The first-order chi connectivity index (χ1) is 10.5. The van der Waals surface area contributed by atoms with E-state index in [1.165, 1.54) is 12.1 Å². The summed E-state index contributed by atoms with van der Waals surface area (Å²) in [7, 11) is 0. The van der Waals surface area contributed by atoms with Crippen molar-refractivity contribution in [1.82, 2.24) is 0 Å². The van der Waals surface area contributed by atoms with Gasteiger partial charge in [0.15, 0.2) is 0 Å². The van der Waals surface area contributed by atoms with E-state index in [0.717, 1.165) is 12.8 Å². The fraction of sp³-hybridized carbons (Fsp3) is 0.438. The largest absolute Gasteiger partial charge is 0.507 e. The first-order valence-corrected chi connectivity index (χ1v) is 7.26. The summed E-state index contributed by atoms with van der Waals surface area (Å²) >= 11 is 0. The zero-order chi connectivity index (χ0) is 16.1. The van der Waals surface area contributed by atoms with E-state index in [1.54, 1.807) is 12.3 Å². The molecule has 0 saturated heterocycles. The molecule has 1 fully saturated rings. The van der Waals surface area contributed by atoms with Crippen molar-refractivity contribution in [1.29, 1.82) is 0 Å². The molecule has 0 atom stereocenters. The van der Waals surface area contributed by atoms with Crippen LogP contribution in [0.3, 0.4) is 0 Å². The van der Waals surface area contributed by atoms with E-state index < -0.39 is 11.9 Å². The van der Waals surface area contributed by atoms with Crippen LogP contribution in [0.25, 0.3) is 0 Å². The fourth-order valence-electron chi connectivity index (χ4n) is 2.70. The predicted octanol–water partition coefficient (Wildman–Crippen LogP) is 2.40. The van der Waals surface area contributed by atoms with Crippen LogP contribution in [0.1, 0.15) is 41.6 Å². The van der Waals surface area contributed by atoms with Gasteiger partial charge in [-0.25, -0.2) is 4.79 Å². The van der Waals surface area contributed by atoms with Gasteiger partial charge in [-0.1, -0.05) is 0 Å². The quantitative estimate of drug-likeness (QED) is 0.724. The van der Waals surface area contributed by atoms with E-state index in [4.69, 9.17) is 10.2 Å². The number of carbonyl (C=O) groups is 2.